The Kier molecular flexibility index (Phi) is 4.50. The standard InChI is InChI=1S/C13H14N2O2.ClH/c1-9-5-6-15(8-13(14)16)12-4-3-10(17-2)7-11(9)12;/h3-7H,8H2,1-2H3,(H-,14,16);1H. The number of aryl methyl sites for hydroxylation is 1. The maximum Gasteiger partial charge on any atom is 0.283 e. The maximum atomic E-state index is 11.0. The number of methoxy groups -OCH3 is 1. The van der Waals surface area contributed by atoms with Crippen LogP contribution in [0.15, 0.2) is 30.5 Å². The van der Waals surface area contributed by atoms with E-state index < -0.39 is 0 Å². The van der Waals surface area contributed by atoms with Gasteiger partial charge in [0.15, 0.2) is 6.20 Å². The third kappa shape index (κ3) is 2.71. The van der Waals surface area contributed by atoms with E-state index >= 15 is 0 Å². The number of carbonyl (C=O) groups excluding carboxylic acids is 1. The number of nitrogens with zero attached hydrogens (tertiary/aromatic N) is 1. The van der Waals surface area contributed by atoms with Gasteiger partial charge in [-0.15, -0.1) is 0 Å². The Labute approximate surface area is 112 Å². The SMILES string of the molecule is COc1ccc2c(c1)c(C)cc[n+]2CC(N)=O.[Cl-]. The molecule has 1 aromatic carbocycles. The van der Waals surface area contributed by atoms with Crippen LogP contribution >= 0.6 is 0 Å². The van der Waals surface area contributed by atoms with Crippen LogP contribution in [0.25, 0.3) is 10.9 Å². The van der Waals surface area contributed by atoms with Crippen molar-refractivity contribution in [3.8, 4) is 5.75 Å². The molecule has 5 heteroatoms. The van der Waals surface area contributed by atoms with Crippen LogP contribution in [0.1, 0.15) is 5.56 Å². The fourth-order valence-electron chi connectivity index (χ4n) is 1.89. The van der Waals surface area contributed by atoms with Crippen molar-refractivity contribution in [3.63, 3.8) is 0 Å². The quantitative estimate of drug-likeness (QED) is 0.650. The Balaban J connectivity index is 0.00000162. The molecule has 0 atom stereocenters. The van der Waals surface area contributed by atoms with Crippen LogP contribution < -0.4 is 27.4 Å². The number of amides is 1. The van der Waals surface area contributed by atoms with Gasteiger partial charge in [0.05, 0.1) is 12.5 Å². The second-order valence-electron chi connectivity index (χ2n) is 3.98. The van der Waals surface area contributed by atoms with E-state index in [1.165, 1.54) is 0 Å². The zero-order chi connectivity index (χ0) is 12.4. The third-order valence-corrected chi connectivity index (χ3v) is 2.77. The van der Waals surface area contributed by atoms with E-state index in [0.717, 1.165) is 22.2 Å². The van der Waals surface area contributed by atoms with Crippen LogP contribution in [-0.2, 0) is 11.3 Å². The molecule has 0 bridgehead atoms. The van der Waals surface area contributed by atoms with Gasteiger partial charge >= 0.3 is 0 Å². The number of fused-ring (bicyclic) bond motifs is 1. The van der Waals surface area contributed by atoms with Gasteiger partial charge in [0.1, 0.15) is 5.75 Å². The second-order valence-corrected chi connectivity index (χ2v) is 3.98. The summed E-state index contributed by atoms with van der Waals surface area (Å²) in [7, 11) is 1.64. The number of nitrogens with two attached hydrogens (primary N) is 1. The number of pyridine rings is 1. The smallest absolute Gasteiger partial charge is 0.283 e. The Morgan fingerprint density at radius 3 is 2.72 bits per heavy atom. The van der Waals surface area contributed by atoms with E-state index in [1.54, 1.807) is 7.11 Å². The molecule has 96 valence electrons. The van der Waals surface area contributed by atoms with E-state index in [1.807, 2.05) is 42.0 Å². The maximum absolute atomic E-state index is 11.0. The molecule has 1 aromatic heterocycles. The molecule has 2 rings (SSSR count). The van der Waals surface area contributed by atoms with Gasteiger partial charge < -0.3 is 22.9 Å². The van der Waals surface area contributed by atoms with Crippen LogP contribution in [0.2, 0.25) is 0 Å². The van der Waals surface area contributed by atoms with Crippen LogP contribution in [-0.4, -0.2) is 13.0 Å². The van der Waals surface area contributed by atoms with Crippen molar-refractivity contribution in [1.82, 2.24) is 0 Å². The molecule has 0 radical (unpaired) electrons. The highest BCUT2D eigenvalue weighted by Gasteiger charge is 2.13. The second kappa shape index (κ2) is 5.69. The molecule has 0 unspecified atom stereocenters. The normalized spacial score (nSPS) is 9.89. The van der Waals surface area contributed by atoms with Crippen molar-refractivity contribution in [3.05, 3.63) is 36.0 Å². The summed E-state index contributed by atoms with van der Waals surface area (Å²) in [6.45, 7) is 2.21. The number of benzene rings is 1. The third-order valence-electron chi connectivity index (χ3n) is 2.77. The lowest BCUT2D eigenvalue weighted by Gasteiger charge is -2.04. The molecule has 2 N–H and O–H groups in total. The topological polar surface area (TPSA) is 56.2 Å². The molecule has 0 aliphatic carbocycles. The summed E-state index contributed by atoms with van der Waals surface area (Å²) in [5, 5.41) is 1.06. The van der Waals surface area contributed by atoms with Crippen molar-refractivity contribution in [2.24, 2.45) is 5.73 Å². The molecule has 1 amide bonds. The molecule has 1 heterocycles. The molecule has 0 saturated carbocycles. The van der Waals surface area contributed by atoms with Crippen LogP contribution in [0, 0.1) is 6.92 Å². The number of rotatable bonds is 3. The van der Waals surface area contributed by atoms with Gasteiger partial charge in [0, 0.05) is 12.1 Å². The molecule has 2 aromatic rings. The van der Waals surface area contributed by atoms with E-state index in [9.17, 15) is 4.79 Å². The van der Waals surface area contributed by atoms with E-state index in [4.69, 9.17) is 10.5 Å². The molecular formula is C13H15ClN2O2. The van der Waals surface area contributed by atoms with Crippen molar-refractivity contribution in [1.29, 1.82) is 0 Å². The predicted molar refractivity (Wildman–Crippen MR) is 64.6 cm³/mol. The molecule has 4 nitrogen and oxygen atoms in total. The van der Waals surface area contributed by atoms with Crippen LogP contribution in [0.3, 0.4) is 0 Å². The first-order chi connectivity index (χ1) is 8.11. The number of halogens is 1. The average Bonchev–Trinajstić information content (AvgIpc) is 2.32. The molecule has 0 saturated heterocycles. The summed E-state index contributed by atoms with van der Waals surface area (Å²) >= 11 is 0. The predicted octanol–water partition coefficient (Wildman–Crippen LogP) is -2.07. The van der Waals surface area contributed by atoms with Gasteiger partial charge in [0.25, 0.3) is 5.91 Å². The summed E-state index contributed by atoms with van der Waals surface area (Å²) in [6.07, 6.45) is 1.87. The largest absolute Gasteiger partial charge is 1.00 e. The van der Waals surface area contributed by atoms with E-state index in [2.05, 4.69) is 0 Å². The lowest BCUT2D eigenvalue weighted by Crippen LogP contribution is -3.00. The lowest BCUT2D eigenvalue weighted by molar-refractivity contribution is -0.658. The van der Waals surface area contributed by atoms with Gasteiger partial charge in [-0.1, -0.05) is 0 Å². The van der Waals surface area contributed by atoms with Crippen LogP contribution in [0.5, 0.6) is 5.75 Å². The van der Waals surface area contributed by atoms with Crippen molar-refractivity contribution >= 4 is 16.8 Å². The zero-order valence-corrected chi connectivity index (χ0v) is 11.1. The Hall–Kier alpha value is -1.81. The van der Waals surface area contributed by atoms with Crippen LogP contribution in [0.4, 0.5) is 0 Å². The molecule has 0 spiro atoms. The summed E-state index contributed by atoms with van der Waals surface area (Å²) < 4.78 is 7.03. The minimum Gasteiger partial charge on any atom is -1.00 e. The number of ether oxygens (including phenoxy) is 1. The summed E-state index contributed by atoms with van der Waals surface area (Å²) in [5.74, 6) is 0.452. The molecule has 18 heavy (non-hydrogen) atoms. The first-order valence-electron chi connectivity index (χ1n) is 5.37. The highest BCUT2D eigenvalue weighted by Crippen LogP contribution is 2.20. The minimum atomic E-state index is -0.351. The molecule has 0 aliphatic heterocycles. The molecule has 0 fully saturated rings. The summed E-state index contributed by atoms with van der Waals surface area (Å²) in [5.41, 5.74) is 7.34. The highest BCUT2D eigenvalue weighted by atomic mass is 35.5. The highest BCUT2D eigenvalue weighted by molar-refractivity contribution is 5.81. The first-order valence-corrected chi connectivity index (χ1v) is 5.37. The van der Waals surface area contributed by atoms with Gasteiger partial charge in [-0.2, -0.15) is 4.57 Å². The Morgan fingerprint density at radius 1 is 1.39 bits per heavy atom. The van der Waals surface area contributed by atoms with E-state index in [0.29, 0.717) is 0 Å². The van der Waals surface area contributed by atoms with Gasteiger partial charge in [-0.25, -0.2) is 0 Å². The first kappa shape index (κ1) is 14.3. The fourth-order valence-corrected chi connectivity index (χ4v) is 1.89. The number of primary amides is 1. The number of hydrogen-bond acceptors (Lipinski definition) is 2. The van der Waals surface area contributed by atoms with Gasteiger partial charge in [0.2, 0.25) is 12.1 Å². The van der Waals surface area contributed by atoms with Crippen molar-refractivity contribution < 1.29 is 26.5 Å². The number of carbonyl (C=O) groups is 1. The summed E-state index contributed by atoms with van der Waals surface area (Å²) in [6, 6.07) is 7.73. The number of aromatic nitrogens is 1. The Bertz CT molecular complexity index is 584. The van der Waals surface area contributed by atoms with E-state index in [-0.39, 0.29) is 24.9 Å². The van der Waals surface area contributed by atoms with Crippen molar-refractivity contribution in [2.45, 2.75) is 13.5 Å². The van der Waals surface area contributed by atoms with Gasteiger partial charge in [-0.05, 0) is 24.6 Å². The summed E-state index contributed by atoms with van der Waals surface area (Å²) in [4.78, 5) is 11.0. The monoisotopic (exact) mass is 266 g/mol. The molecule has 0 aliphatic rings. The molecular weight excluding hydrogens is 252 g/mol. The fraction of sp³-hybridized carbons (Fsp3) is 0.231. The lowest BCUT2D eigenvalue weighted by atomic mass is 10.1. The average molecular weight is 267 g/mol. The Morgan fingerprint density at radius 2 is 2.11 bits per heavy atom. The number of hydrogen-bond donors (Lipinski definition) is 1. The zero-order valence-electron chi connectivity index (χ0n) is 10.3. The van der Waals surface area contributed by atoms with Gasteiger partial charge in [-0.3, -0.25) is 4.79 Å². The minimum absolute atomic E-state index is 0. The van der Waals surface area contributed by atoms with Crippen molar-refractivity contribution in [2.75, 3.05) is 7.11 Å².